The fourth-order valence-corrected chi connectivity index (χ4v) is 2.12. The Morgan fingerprint density at radius 1 is 1.42 bits per heavy atom. The number of nitrogens with zero attached hydrogens (tertiary/aromatic N) is 3. The van der Waals surface area contributed by atoms with E-state index in [1.165, 1.54) is 0 Å². The second-order valence-corrected chi connectivity index (χ2v) is 4.71. The number of hydrazone groups is 1. The van der Waals surface area contributed by atoms with Gasteiger partial charge in [-0.05, 0) is 19.8 Å². The first-order valence-corrected chi connectivity index (χ1v) is 6.43. The van der Waals surface area contributed by atoms with Gasteiger partial charge in [0.05, 0.1) is 0 Å². The Balaban J connectivity index is 2.03. The van der Waals surface area contributed by atoms with Crippen LogP contribution in [0.1, 0.15) is 32.6 Å². The largest absolute Gasteiger partial charge is 0.477 e. The van der Waals surface area contributed by atoms with Crippen molar-refractivity contribution in [1.29, 1.82) is 0 Å². The van der Waals surface area contributed by atoms with Gasteiger partial charge in [-0.3, -0.25) is 9.59 Å². The van der Waals surface area contributed by atoms with Crippen molar-refractivity contribution in [2.24, 2.45) is 5.10 Å². The van der Waals surface area contributed by atoms with E-state index in [0.717, 1.165) is 17.9 Å². The number of carboxylic acids is 1. The van der Waals surface area contributed by atoms with Gasteiger partial charge in [-0.1, -0.05) is 0 Å². The average Bonchev–Trinajstić information content (AvgIpc) is 3.17. The second-order valence-electron chi connectivity index (χ2n) is 4.71. The second kappa shape index (κ2) is 5.38. The molecule has 0 radical (unpaired) electrons. The fourth-order valence-electron chi connectivity index (χ4n) is 2.12. The quantitative estimate of drug-likeness (QED) is 0.762. The van der Waals surface area contributed by atoms with Crippen LogP contribution in [0.15, 0.2) is 5.10 Å². The highest BCUT2D eigenvalue weighted by atomic mass is 16.4. The number of aliphatic carboxylic acids is 1. The molecule has 1 N–H and O–H groups in total. The first-order valence-electron chi connectivity index (χ1n) is 6.43. The highest BCUT2D eigenvalue weighted by molar-refractivity contribution is 6.36. The standard InChI is InChI=1S/C12H17N3O4/c1-2-14(8-3-4-8)11(17)7-15-10(16)6-5-9(13-15)12(18)19/h8H,2-7H2,1H3,(H,18,19). The van der Waals surface area contributed by atoms with E-state index in [-0.39, 0.29) is 43.0 Å². The minimum absolute atomic E-state index is 0.0677. The van der Waals surface area contributed by atoms with E-state index in [4.69, 9.17) is 5.11 Å². The summed E-state index contributed by atoms with van der Waals surface area (Å²) < 4.78 is 0. The van der Waals surface area contributed by atoms with E-state index in [2.05, 4.69) is 5.10 Å². The molecule has 2 aliphatic rings. The van der Waals surface area contributed by atoms with Crippen LogP contribution in [0.3, 0.4) is 0 Å². The van der Waals surface area contributed by atoms with Gasteiger partial charge in [0.15, 0.2) is 0 Å². The zero-order valence-electron chi connectivity index (χ0n) is 10.8. The lowest BCUT2D eigenvalue weighted by Crippen LogP contribution is -2.44. The summed E-state index contributed by atoms with van der Waals surface area (Å²) in [6.07, 6.45) is 2.21. The Hall–Kier alpha value is -1.92. The Kier molecular flexibility index (Phi) is 3.82. The van der Waals surface area contributed by atoms with Crippen molar-refractivity contribution >= 4 is 23.5 Å². The predicted octanol–water partition coefficient (Wildman–Crippen LogP) is 0.0603. The third kappa shape index (κ3) is 3.10. The molecule has 1 aliphatic carbocycles. The number of carboxylic acid groups (broad SMARTS) is 1. The topological polar surface area (TPSA) is 90.3 Å². The number of hydrogen-bond acceptors (Lipinski definition) is 4. The molecule has 7 nitrogen and oxygen atoms in total. The van der Waals surface area contributed by atoms with Crippen LogP contribution in [0.5, 0.6) is 0 Å². The van der Waals surface area contributed by atoms with Gasteiger partial charge in [-0.2, -0.15) is 5.10 Å². The highest BCUT2D eigenvalue weighted by Crippen LogP contribution is 2.26. The maximum absolute atomic E-state index is 12.1. The first-order chi connectivity index (χ1) is 9.02. The van der Waals surface area contributed by atoms with Crippen molar-refractivity contribution in [1.82, 2.24) is 9.91 Å². The maximum atomic E-state index is 12.1. The summed E-state index contributed by atoms with van der Waals surface area (Å²) in [4.78, 5) is 36.3. The molecule has 19 heavy (non-hydrogen) atoms. The van der Waals surface area contributed by atoms with Crippen LogP contribution < -0.4 is 0 Å². The van der Waals surface area contributed by atoms with Crippen LogP contribution in [0.2, 0.25) is 0 Å². The Labute approximate surface area is 110 Å². The average molecular weight is 267 g/mol. The van der Waals surface area contributed by atoms with E-state index in [1.807, 2.05) is 6.92 Å². The van der Waals surface area contributed by atoms with Crippen molar-refractivity contribution in [3.63, 3.8) is 0 Å². The van der Waals surface area contributed by atoms with Crippen molar-refractivity contribution < 1.29 is 19.5 Å². The van der Waals surface area contributed by atoms with Crippen LogP contribution in [0.25, 0.3) is 0 Å². The van der Waals surface area contributed by atoms with Gasteiger partial charge in [-0.15, -0.1) is 0 Å². The molecule has 2 amide bonds. The number of rotatable bonds is 5. The van der Waals surface area contributed by atoms with Crippen LogP contribution >= 0.6 is 0 Å². The van der Waals surface area contributed by atoms with Crippen LogP contribution in [0.4, 0.5) is 0 Å². The molecule has 0 spiro atoms. The minimum atomic E-state index is -1.14. The smallest absolute Gasteiger partial charge is 0.352 e. The van der Waals surface area contributed by atoms with E-state index < -0.39 is 5.97 Å². The summed E-state index contributed by atoms with van der Waals surface area (Å²) in [6.45, 7) is 2.32. The molecule has 7 heteroatoms. The molecule has 0 bridgehead atoms. The summed E-state index contributed by atoms with van der Waals surface area (Å²) >= 11 is 0. The first kappa shape index (κ1) is 13.5. The molecule has 0 atom stereocenters. The molecule has 1 fully saturated rings. The molecule has 0 aromatic carbocycles. The molecule has 2 rings (SSSR count). The van der Waals surface area contributed by atoms with E-state index in [9.17, 15) is 14.4 Å². The highest BCUT2D eigenvalue weighted by Gasteiger charge is 2.33. The molecule has 0 aromatic rings. The van der Waals surface area contributed by atoms with E-state index >= 15 is 0 Å². The van der Waals surface area contributed by atoms with Crippen LogP contribution in [-0.4, -0.2) is 57.6 Å². The Bertz CT molecular complexity index is 442. The van der Waals surface area contributed by atoms with E-state index in [0.29, 0.717) is 6.54 Å². The summed E-state index contributed by atoms with van der Waals surface area (Å²) in [5, 5.41) is 13.6. The van der Waals surface area contributed by atoms with Gasteiger partial charge in [0, 0.05) is 25.4 Å². The van der Waals surface area contributed by atoms with Gasteiger partial charge in [-0.25, -0.2) is 9.80 Å². The van der Waals surface area contributed by atoms with Crippen LogP contribution in [-0.2, 0) is 14.4 Å². The van der Waals surface area contributed by atoms with Crippen molar-refractivity contribution in [2.75, 3.05) is 13.1 Å². The zero-order valence-corrected chi connectivity index (χ0v) is 10.8. The van der Waals surface area contributed by atoms with Gasteiger partial charge in [0.2, 0.25) is 11.8 Å². The molecule has 1 aliphatic heterocycles. The predicted molar refractivity (Wildman–Crippen MR) is 66.4 cm³/mol. The summed E-state index contributed by atoms with van der Waals surface area (Å²) in [6, 6.07) is 0.278. The molecular formula is C12H17N3O4. The molecule has 104 valence electrons. The van der Waals surface area contributed by atoms with Gasteiger partial charge >= 0.3 is 5.97 Å². The molecule has 0 aromatic heterocycles. The molecule has 1 heterocycles. The lowest BCUT2D eigenvalue weighted by molar-refractivity contribution is -0.141. The monoisotopic (exact) mass is 267 g/mol. The molecule has 0 saturated heterocycles. The maximum Gasteiger partial charge on any atom is 0.352 e. The SMILES string of the molecule is CCN(C(=O)CN1N=C(C(=O)O)CCC1=O)C1CC1. The normalized spacial score (nSPS) is 19.1. The summed E-state index contributed by atoms with van der Waals surface area (Å²) in [5.74, 6) is -1.61. The number of carbonyl (C=O) groups excluding carboxylic acids is 2. The number of amides is 2. The van der Waals surface area contributed by atoms with Gasteiger partial charge in [0.1, 0.15) is 12.3 Å². The third-order valence-corrected chi connectivity index (χ3v) is 3.29. The Morgan fingerprint density at radius 3 is 2.63 bits per heavy atom. The lowest BCUT2D eigenvalue weighted by atomic mass is 10.1. The Morgan fingerprint density at radius 2 is 2.11 bits per heavy atom. The fraction of sp³-hybridized carbons (Fsp3) is 0.667. The molecular weight excluding hydrogens is 250 g/mol. The van der Waals surface area contributed by atoms with Crippen molar-refractivity contribution in [2.45, 2.75) is 38.6 Å². The zero-order chi connectivity index (χ0) is 14.0. The lowest BCUT2D eigenvalue weighted by Gasteiger charge is -2.26. The molecule has 1 saturated carbocycles. The minimum Gasteiger partial charge on any atom is -0.477 e. The van der Waals surface area contributed by atoms with Crippen molar-refractivity contribution in [3.8, 4) is 0 Å². The third-order valence-electron chi connectivity index (χ3n) is 3.29. The van der Waals surface area contributed by atoms with Gasteiger partial charge < -0.3 is 10.0 Å². The summed E-state index contributed by atoms with van der Waals surface area (Å²) in [7, 11) is 0. The number of likely N-dealkylation sites (N-methyl/N-ethyl adjacent to an activating group) is 1. The number of hydrogen-bond donors (Lipinski definition) is 1. The molecule has 0 unspecified atom stereocenters. The van der Waals surface area contributed by atoms with E-state index in [1.54, 1.807) is 4.90 Å². The van der Waals surface area contributed by atoms with Crippen molar-refractivity contribution in [3.05, 3.63) is 0 Å². The number of carbonyl (C=O) groups is 3. The van der Waals surface area contributed by atoms with Crippen LogP contribution in [0, 0.1) is 0 Å². The summed E-state index contributed by atoms with van der Waals surface area (Å²) in [5.41, 5.74) is -0.0677. The van der Waals surface area contributed by atoms with Gasteiger partial charge in [0.25, 0.3) is 0 Å².